The predicted molar refractivity (Wildman–Crippen MR) is 187 cm³/mol. The van der Waals surface area contributed by atoms with Crippen LogP contribution in [0.25, 0.3) is 44.4 Å². The third kappa shape index (κ3) is 5.00. The van der Waals surface area contributed by atoms with E-state index >= 15 is 0 Å². The molecule has 6 nitrogen and oxygen atoms in total. The van der Waals surface area contributed by atoms with Gasteiger partial charge in [-0.3, -0.25) is 4.57 Å². The second kappa shape index (κ2) is 11.5. The Kier molecular flexibility index (Phi) is 7.36. The van der Waals surface area contributed by atoms with Crippen molar-refractivity contribution in [2.45, 2.75) is 47.5 Å². The van der Waals surface area contributed by atoms with Crippen LogP contribution >= 0.6 is 0 Å². The zero-order valence-electron chi connectivity index (χ0n) is 27.4. The Morgan fingerprint density at radius 3 is 2.20 bits per heavy atom. The molecule has 3 aromatic heterocycles. The fraction of sp³-hybridized carbons (Fsp3) is 0.200. The zero-order chi connectivity index (χ0) is 32.1. The van der Waals surface area contributed by atoms with Crippen LogP contribution in [-0.2, 0) is 0 Å². The highest BCUT2D eigenvalue weighted by molar-refractivity contribution is 6.09. The molecule has 0 aliphatic heterocycles. The van der Waals surface area contributed by atoms with Crippen LogP contribution < -0.4 is 9.47 Å². The molecular weight excluding hydrogens is 568 g/mol. The van der Waals surface area contributed by atoms with E-state index in [0.717, 1.165) is 61.8 Å². The summed E-state index contributed by atoms with van der Waals surface area (Å²) in [5, 5.41) is 7.40. The Morgan fingerprint density at radius 2 is 1.43 bits per heavy atom. The minimum atomic E-state index is 0.259. The Morgan fingerprint density at radius 1 is 0.674 bits per heavy atom. The third-order valence-electron chi connectivity index (χ3n) is 8.72. The van der Waals surface area contributed by atoms with Gasteiger partial charge in [0.15, 0.2) is 0 Å². The first kappa shape index (κ1) is 29.4. The summed E-state index contributed by atoms with van der Waals surface area (Å²) in [6, 6.07) is 31.3. The quantitative estimate of drug-likeness (QED) is 0.181. The number of ether oxygens (including phenoxy) is 2. The van der Waals surface area contributed by atoms with Gasteiger partial charge in [0.25, 0.3) is 0 Å². The topological polar surface area (TPSA) is 54.1 Å². The lowest BCUT2D eigenvalue weighted by molar-refractivity contribution is 0.414. The van der Waals surface area contributed by atoms with E-state index in [1.807, 2.05) is 18.2 Å². The summed E-state index contributed by atoms with van der Waals surface area (Å²) in [5.41, 5.74) is 11.4. The van der Waals surface area contributed by atoms with Crippen LogP contribution in [0.1, 0.15) is 47.8 Å². The van der Waals surface area contributed by atoms with Crippen molar-refractivity contribution in [2.75, 3.05) is 7.11 Å². The first-order chi connectivity index (χ1) is 22.2. The third-order valence-corrected chi connectivity index (χ3v) is 8.72. The van der Waals surface area contributed by atoms with Crippen molar-refractivity contribution in [3.05, 3.63) is 125 Å². The van der Waals surface area contributed by atoms with Gasteiger partial charge < -0.3 is 9.47 Å². The van der Waals surface area contributed by atoms with Crippen LogP contribution in [0.4, 0.5) is 0 Å². The number of methoxy groups -OCH3 is 1. The number of pyridine rings is 1. The number of rotatable bonds is 7. The highest BCUT2D eigenvalue weighted by atomic mass is 16.5. The fourth-order valence-corrected chi connectivity index (χ4v) is 6.75. The Bertz CT molecular complexity index is 2240. The molecule has 0 saturated carbocycles. The molecule has 0 unspecified atom stereocenters. The van der Waals surface area contributed by atoms with Gasteiger partial charge in [-0.2, -0.15) is 5.10 Å². The second-order valence-electron chi connectivity index (χ2n) is 12.4. The molecule has 0 bridgehead atoms. The summed E-state index contributed by atoms with van der Waals surface area (Å²) in [6.45, 7) is 13.1. The standard InChI is InChI=1S/C40H38N4O2/c1-24(2)40-39(38-26(4)11-10-12-27(38)5)28(6)42-44(40)29-19-25(3)20-32(21-29)46-31-15-16-34-33-13-8-9-14-35(33)43(36(34)22-31)37-23-30(45-7)17-18-41-37/h8-24H,1-7H3. The first-order valence-corrected chi connectivity index (χ1v) is 15.7. The predicted octanol–water partition coefficient (Wildman–Crippen LogP) is 10.2. The van der Waals surface area contributed by atoms with Gasteiger partial charge in [-0.25, -0.2) is 9.67 Å². The van der Waals surface area contributed by atoms with Crippen molar-refractivity contribution >= 4 is 21.8 Å². The van der Waals surface area contributed by atoms with Crippen molar-refractivity contribution in [3.63, 3.8) is 0 Å². The summed E-state index contributed by atoms with van der Waals surface area (Å²) in [7, 11) is 1.67. The minimum absolute atomic E-state index is 0.259. The molecule has 7 rings (SSSR count). The molecule has 0 aliphatic rings. The van der Waals surface area contributed by atoms with Gasteiger partial charge in [-0.1, -0.05) is 50.2 Å². The van der Waals surface area contributed by atoms with Gasteiger partial charge in [0.2, 0.25) is 0 Å². The highest BCUT2D eigenvalue weighted by Gasteiger charge is 2.23. The SMILES string of the molecule is COc1ccnc(-n2c3ccccc3c3ccc(Oc4cc(C)cc(-n5nc(C)c(-c6c(C)cccc6C)c5C(C)C)c4)cc32)c1. The van der Waals surface area contributed by atoms with Gasteiger partial charge in [-0.15, -0.1) is 0 Å². The molecule has 7 aromatic rings. The maximum absolute atomic E-state index is 6.62. The van der Waals surface area contributed by atoms with E-state index in [9.17, 15) is 0 Å². The Hall–Kier alpha value is -5.36. The number of aromatic nitrogens is 4. The number of para-hydroxylation sites is 1. The van der Waals surface area contributed by atoms with E-state index in [1.54, 1.807) is 13.3 Å². The van der Waals surface area contributed by atoms with Gasteiger partial charge in [-0.05, 0) is 92.3 Å². The molecule has 230 valence electrons. The van der Waals surface area contributed by atoms with E-state index in [2.05, 4.69) is 124 Å². The number of nitrogens with zero attached hydrogens (tertiary/aromatic N) is 4. The van der Waals surface area contributed by atoms with Crippen molar-refractivity contribution in [1.82, 2.24) is 19.3 Å². The molecule has 0 spiro atoms. The van der Waals surface area contributed by atoms with Crippen LogP contribution in [0, 0.1) is 27.7 Å². The molecule has 0 aliphatic carbocycles. The van der Waals surface area contributed by atoms with E-state index in [4.69, 9.17) is 19.6 Å². The molecule has 0 atom stereocenters. The maximum Gasteiger partial charge on any atom is 0.141 e. The molecular formula is C40H38N4O2. The number of hydrogen-bond acceptors (Lipinski definition) is 4. The molecule has 3 heterocycles. The van der Waals surface area contributed by atoms with Gasteiger partial charge in [0, 0.05) is 40.7 Å². The lowest BCUT2D eigenvalue weighted by Gasteiger charge is -2.17. The van der Waals surface area contributed by atoms with Gasteiger partial charge in [0.1, 0.15) is 23.1 Å². The smallest absolute Gasteiger partial charge is 0.141 e. The van der Waals surface area contributed by atoms with E-state index in [-0.39, 0.29) is 5.92 Å². The molecule has 0 amide bonds. The highest BCUT2D eigenvalue weighted by Crippen LogP contribution is 2.39. The van der Waals surface area contributed by atoms with Crippen LogP contribution in [-0.4, -0.2) is 26.4 Å². The van der Waals surface area contributed by atoms with Gasteiger partial charge in [0.05, 0.1) is 35.2 Å². The second-order valence-corrected chi connectivity index (χ2v) is 12.4. The maximum atomic E-state index is 6.62. The summed E-state index contributed by atoms with van der Waals surface area (Å²) in [5.74, 6) is 3.30. The molecule has 0 saturated heterocycles. The Labute approximate surface area is 269 Å². The summed E-state index contributed by atoms with van der Waals surface area (Å²) < 4.78 is 16.4. The lowest BCUT2D eigenvalue weighted by atomic mass is 9.91. The average Bonchev–Trinajstić information content (AvgIpc) is 3.55. The van der Waals surface area contributed by atoms with E-state index < -0.39 is 0 Å². The molecule has 0 fully saturated rings. The molecule has 0 N–H and O–H groups in total. The number of fused-ring (bicyclic) bond motifs is 3. The van der Waals surface area contributed by atoms with Crippen LogP contribution in [0.2, 0.25) is 0 Å². The lowest BCUT2D eigenvalue weighted by Crippen LogP contribution is -2.06. The summed E-state index contributed by atoms with van der Waals surface area (Å²) >= 11 is 0. The van der Waals surface area contributed by atoms with Crippen LogP contribution in [0.3, 0.4) is 0 Å². The molecule has 46 heavy (non-hydrogen) atoms. The van der Waals surface area contributed by atoms with Crippen molar-refractivity contribution in [3.8, 4) is 39.9 Å². The van der Waals surface area contributed by atoms with Crippen molar-refractivity contribution in [2.24, 2.45) is 0 Å². The number of hydrogen-bond donors (Lipinski definition) is 0. The minimum Gasteiger partial charge on any atom is -0.497 e. The summed E-state index contributed by atoms with van der Waals surface area (Å²) in [6.07, 6.45) is 1.78. The number of aryl methyl sites for hydroxylation is 4. The van der Waals surface area contributed by atoms with E-state index in [1.165, 1.54) is 27.9 Å². The largest absolute Gasteiger partial charge is 0.497 e. The monoisotopic (exact) mass is 606 g/mol. The zero-order valence-corrected chi connectivity index (χ0v) is 27.4. The normalized spacial score (nSPS) is 11.6. The van der Waals surface area contributed by atoms with Crippen LogP contribution in [0.5, 0.6) is 17.2 Å². The fourth-order valence-electron chi connectivity index (χ4n) is 6.75. The molecule has 6 heteroatoms. The van der Waals surface area contributed by atoms with Gasteiger partial charge >= 0.3 is 0 Å². The van der Waals surface area contributed by atoms with Crippen molar-refractivity contribution in [1.29, 1.82) is 0 Å². The summed E-state index contributed by atoms with van der Waals surface area (Å²) in [4.78, 5) is 4.70. The molecule has 0 radical (unpaired) electrons. The van der Waals surface area contributed by atoms with E-state index in [0.29, 0.717) is 0 Å². The molecule has 4 aromatic carbocycles. The Balaban J connectivity index is 1.34. The number of benzene rings is 4. The average molecular weight is 607 g/mol. The van der Waals surface area contributed by atoms with Crippen molar-refractivity contribution < 1.29 is 9.47 Å². The first-order valence-electron chi connectivity index (χ1n) is 15.7. The van der Waals surface area contributed by atoms with Crippen LogP contribution in [0.15, 0.2) is 97.2 Å².